The van der Waals surface area contributed by atoms with E-state index in [2.05, 4.69) is 4.98 Å². The first-order valence-electron chi connectivity index (χ1n) is 3.05. The van der Waals surface area contributed by atoms with Gasteiger partial charge in [-0.05, 0) is 12.1 Å². The van der Waals surface area contributed by atoms with Crippen molar-refractivity contribution in [2.45, 2.75) is 6.23 Å². The van der Waals surface area contributed by atoms with Crippen LogP contribution in [0.25, 0.3) is 0 Å². The number of rotatable bonds is 2. The Balaban J connectivity index is 2.95. The molecule has 0 aliphatic heterocycles. The molecule has 6 heteroatoms. The molecule has 0 bridgehead atoms. The molecule has 1 heterocycles. The van der Waals surface area contributed by atoms with Crippen molar-refractivity contribution in [2.75, 3.05) is 0 Å². The van der Waals surface area contributed by atoms with Crippen LogP contribution in [-0.2, 0) is 0 Å². The van der Waals surface area contributed by atoms with Gasteiger partial charge in [0.25, 0.3) is 0 Å². The van der Waals surface area contributed by atoms with E-state index in [0.29, 0.717) is 0 Å². The average molecular weight is 189 g/mol. The molecule has 0 aromatic carbocycles. The van der Waals surface area contributed by atoms with Gasteiger partial charge in [-0.2, -0.15) is 0 Å². The molecule has 0 fully saturated rings. The molecule has 0 aliphatic carbocycles. The molecule has 5 nitrogen and oxygen atoms in total. The minimum absolute atomic E-state index is 0.0625. The largest absolute Gasteiger partial charge is 0.356 e. The van der Waals surface area contributed by atoms with Crippen molar-refractivity contribution in [1.82, 2.24) is 4.98 Å². The second-order valence-corrected chi connectivity index (χ2v) is 2.43. The van der Waals surface area contributed by atoms with Crippen LogP contribution in [0.1, 0.15) is 11.9 Å². The Hall–Kier alpha value is -1.20. The summed E-state index contributed by atoms with van der Waals surface area (Å²) in [5.74, 6) is 0. The third-order valence-corrected chi connectivity index (χ3v) is 1.41. The second-order valence-electron chi connectivity index (χ2n) is 2.04. The number of aromatic nitrogens is 1. The lowest BCUT2D eigenvalue weighted by Gasteiger charge is -2.00. The highest BCUT2D eigenvalue weighted by molar-refractivity contribution is 6.29. The second kappa shape index (κ2) is 3.46. The zero-order valence-corrected chi connectivity index (χ0v) is 6.60. The van der Waals surface area contributed by atoms with Crippen LogP contribution in [0.2, 0.25) is 5.15 Å². The van der Waals surface area contributed by atoms with Gasteiger partial charge in [-0.3, -0.25) is 10.1 Å². The Morgan fingerprint density at radius 1 is 1.67 bits per heavy atom. The molecule has 1 unspecified atom stereocenters. The SMILES string of the molecule is O=[N+]([O-])C(O)c1cccc(Cl)n1. The lowest BCUT2D eigenvalue weighted by atomic mass is 10.3. The van der Waals surface area contributed by atoms with E-state index in [1.165, 1.54) is 18.2 Å². The summed E-state index contributed by atoms with van der Waals surface area (Å²) in [5, 5.41) is 19.1. The maximum atomic E-state index is 10.1. The molecule has 0 saturated heterocycles. The fourth-order valence-electron chi connectivity index (χ4n) is 0.676. The van der Waals surface area contributed by atoms with E-state index in [0.717, 1.165) is 0 Å². The molecule has 0 aliphatic rings. The van der Waals surface area contributed by atoms with E-state index < -0.39 is 11.2 Å². The lowest BCUT2D eigenvalue weighted by Crippen LogP contribution is -2.10. The number of hydrogen-bond acceptors (Lipinski definition) is 4. The van der Waals surface area contributed by atoms with Crippen LogP contribution in [-0.4, -0.2) is 15.0 Å². The molecule has 1 rings (SSSR count). The number of hydrogen-bond donors (Lipinski definition) is 1. The minimum atomic E-state index is -1.80. The van der Waals surface area contributed by atoms with Crippen LogP contribution in [0.3, 0.4) is 0 Å². The summed E-state index contributed by atoms with van der Waals surface area (Å²) in [6, 6.07) is 4.29. The first kappa shape index (κ1) is 8.89. The summed E-state index contributed by atoms with van der Waals surface area (Å²) in [6.45, 7) is 0. The van der Waals surface area contributed by atoms with Gasteiger partial charge in [-0.15, -0.1) is 0 Å². The van der Waals surface area contributed by atoms with Crippen molar-refractivity contribution in [2.24, 2.45) is 0 Å². The van der Waals surface area contributed by atoms with E-state index in [1.54, 1.807) is 0 Å². The van der Waals surface area contributed by atoms with Gasteiger partial charge >= 0.3 is 6.23 Å². The predicted molar refractivity (Wildman–Crippen MR) is 41.2 cm³/mol. The van der Waals surface area contributed by atoms with Crippen LogP contribution in [0.5, 0.6) is 0 Å². The Labute approximate surface area is 72.8 Å². The fourth-order valence-corrected chi connectivity index (χ4v) is 0.846. The normalized spacial score (nSPS) is 12.5. The Morgan fingerprint density at radius 2 is 2.33 bits per heavy atom. The Morgan fingerprint density at radius 3 is 2.83 bits per heavy atom. The van der Waals surface area contributed by atoms with Crippen LogP contribution in [0.4, 0.5) is 0 Å². The molecule has 1 atom stereocenters. The number of aliphatic hydroxyl groups is 1. The molecule has 1 aromatic rings. The zero-order valence-electron chi connectivity index (χ0n) is 5.85. The zero-order chi connectivity index (χ0) is 9.14. The molecular weight excluding hydrogens is 184 g/mol. The van der Waals surface area contributed by atoms with Crippen molar-refractivity contribution in [3.63, 3.8) is 0 Å². The average Bonchev–Trinajstić information content (AvgIpc) is 2.03. The molecule has 0 saturated carbocycles. The number of aliphatic hydroxyl groups excluding tert-OH is 1. The number of halogens is 1. The molecule has 1 aromatic heterocycles. The van der Waals surface area contributed by atoms with E-state index in [9.17, 15) is 10.1 Å². The highest BCUT2D eigenvalue weighted by Crippen LogP contribution is 2.12. The summed E-state index contributed by atoms with van der Waals surface area (Å²) in [7, 11) is 0. The molecule has 0 amide bonds. The van der Waals surface area contributed by atoms with Crippen molar-refractivity contribution < 1.29 is 10.0 Å². The van der Waals surface area contributed by atoms with Gasteiger partial charge in [0.05, 0.1) is 4.92 Å². The van der Waals surface area contributed by atoms with Gasteiger partial charge in [0.15, 0.2) is 0 Å². The third kappa shape index (κ3) is 1.90. The summed E-state index contributed by atoms with van der Waals surface area (Å²) >= 11 is 5.45. The van der Waals surface area contributed by atoms with Crippen molar-refractivity contribution in [1.29, 1.82) is 0 Å². The molecule has 12 heavy (non-hydrogen) atoms. The highest BCUT2D eigenvalue weighted by atomic mass is 35.5. The van der Waals surface area contributed by atoms with E-state index in [4.69, 9.17) is 16.7 Å². The Kier molecular flexibility index (Phi) is 2.57. The van der Waals surface area contributed by atoms with E-state index in [1.807, 2.05) is 0 Å². The summed E-state index contributed by atoms with van der Waals surface area (Å²) in [4.78, 5) is 12.8. The maximum Gasteiger partial charge on any atom is 0.356 e. The van der Waals surface area contributed by atoms with Crippen LogP contribution >= 0.6 is 11.6 Å². The lowest BCUT2D eigenvalue weighted by molar-refractivity contribution is -0.579. The highest BCUT2D eigenvalue weighted by Gasteiger charge is 2.19. The summed E-state index contributed by atoms with van der Waals surface area (Å²) in [6.07, 6.45) is -1.80. The standard InChI is InChI=1S/C6H5ClN2O3/c7-5-3-1-2-4(8-5)6(10)9(11)12/h1-3,6,10H. The van der Waals surface area contributed by atoms with Gasteiger partial charge in [0.1, 0.15) is 10.8 Å². The fraction of sp³-hybridized carbons (Fsp3) is 0.167. The molecule has 0 spiro atoms. The topological polar surface area (TPSA) is 76.3 Å². The van der Waals surface area contributed by atoms with Gasteiger partial charge in [0.2, 0.25) is 0 Å². The van der Waals surface area contributed by atoms with Gasteiger partial charge in [0, 0.05) is 0 Å². The van der Waals surface area contributed by atoms with Gasteiger partial charge < -0.3 is 5.11 Å². The van der Waals surface area contributed by atoms with E-state index in [-0.39, 0.29) is 10.8 Å². The predicted octanol–water partition coefficient (Wildman–Crippen LogP) is 1.00. The van der Waals surface area contributed by atoms with Crippen molar-refractivity contribution in [3.05, 3.63) is 39.2 Å². The number of nitro groups is 1. The first-order valence-corrected chi connectivity index (χ1v) is 3.43. The van der Waals surface area contributed by atoms with Gasteiger partial charge in [-0.25, -0.2) is 4.98 Å². The monoisotopic (exact) mass is 188 g/mol. The van der Waals surface area contributed by atoms with Crippen LogP contribution in [0.15, 0.2) is 18.2 Å². The number of nitrogens with zero attached hydrogens (tertiary/aromatic N) is 2. The smallest absolute Gasteiger partial charge is 0.328 e. The van der Waals surface area contributed by atoms with Gasteiger partial charge in [-0.1, -0.05) is 17.7 Å². The molecule has 0 radical (unpaired) electrons. The first-order chi connectivity index (χ1) is 5.61. The maximum absolute atomic E-state index is 10.1. The Bertz CT molecular complexity index is 305. The quantitative estimate of drug-likeness (QED) is 0.325. The van der Waals surface area contributed by atoms with E-state index >= 15 is 0 Å². The molecule has 64 valence electrons. The van der Waals surface area contributed by atoms with Crippen LogP contribution in [0, 0.1) is 10.1 Å². The summed E-state index contributed by atoms with van der Waals surface area (Å²) < 4.78 is 0. The molecule has 1 N–H and O–H groups in total. The summed E-state index contributed by atoms with van der Waals surface area (Å²) in [5.41, 5.74) is -0.0625. The molecular formula is C6H5ClN2O3. The van der Waals surface area contributed by atoms with Crippen molar-refractivity contribution in [3.8, 4) is 0 Å². The third-order valence-electron chi connectivity index (χ3n) is 1.20. The number of pyridine rings is 1. The minimum Gasteiger partial charge on any atom is -0.328 e. The van der Waals surface area contributed by atoms with Crippen LogP contribution < -0.4 is 0 Å². The van der Waals surface area contributed by atoms with Crippen molar-refractivity contribution >= 4 is 11.6 Å².